The van der Waals surface area contributed by atoms with Crippen LogP contribution in [0.5, 0.6) is 17.2 Å². The molecule has 1 aromatic heterocycles. The molecule has 3 aromatic carbocycles. The van der Waals surface area contributed by atoms with Crippen LogP contribution in [0.2, 0.25) is 0 Å². The van der Waals surface area contributed by atoms with Crippen LogP contribution in [0, 0.1) is 0 Å². The highest BCUT2D eigenvalue weighted by Crippen LogP contribution is 2.23. The van der Waals surface area contributed by atoms with Crippen LogP contribution in [0.1, 0.15) is 11.5 Å². The van der Waals surface area contributed by atoms with E-state index < -0.39 is 0 Å². The summed E-state index contributed by atoms with van der Waals surface area (Å²) >= 11 is 0. The van der Waals surface area contributed by atoms with E-state index in [1.807, 2.05) is 78.9 Å². The van der Waals surface area contributed by atoms with Gasteiger partial charge in [0.05, 0.1) is 7.11 Å². The molecule has 0 N–H and O–H groups in total. The minimum Gasteiger partial charge on any atom is -0.497 e. The Morgan fingerprint density at radius 3 is 1.97 bits per heavy atom. The van der Waals surface area contributed by atoms with Crippen LogP contribution in [0.25, 0.3) is 11.5 Å². The molecule has 0 fully saturated rings. The number of methoxy groups -OCH3 is 1. The van der Waals surface area contributed by atoms with Crippen molar-refractivity contribution in [2.24, 2.45) is 0 Å². The molecule has 6 heteroatoms. The smallest absolute Gasteiger partial charge is 0.254 e. The monoisotopic (exact) mass is 388 g/mol. The van der Waals surface area contributed by atoms with Crippen molar-refractivity contribution in [3.8, 4) is 28.7 Å². The van der Waals surface area contributed by atoms with Gasteiger partial charge in [0.2, 0.25) is 5.89 Å². The summed E-state index contributed by atoms with van der Waals surface area (Å²) < 4.78 is 22.3. The third-order valence-corrected chi connectivity index (χ3v) is 4.24. The number of nitrogens with zero attached hydrogens (tertiary/aromatic N) is 2. The highest BCUT2D eigenvalue weighted by atomic mass is 16.5. The number of hydrogen-bond acceptors (Lipinski definition) is 6. The summed E-state index contributed by atoms with van der Waals surface area (Å²) in [5.74, 6) is 3.09. The van der Waals surface area contributed by atoms with Crippen LogP contribution < -0.4 is 14.2 Å². The summed E-state index contributed by atoms with van der Waals surface area (Å²) in [4.78, 5) is 0. The molecule has 146 valence electrons. The molecule has 0 unspecified atom stereocenters. The normalized spacial score (nSPS) is 10.5. The maximum Gasteiger partial charge on any atom is 0.254 e. The van der Waals surface area contributed by atoms with Gasteiger partial charge in [0.25, 0.3) is 5.89 Å². The fourth-order valence-corrected chi connectivity index (χ4v) is 2.68. The van der Waals surface area contributed by atoms with Gasteiger partial charge in [0.1, 0.15) is 23.9 Å². The second kappa shape index (κ2) is 8.93. The van der Waals surface area contributed by atoms with Gasteiger partial charge in [-0.15, -0.1) is 10.2 Å². The van der Waals surface area contributed by atoms with Gasteiger partial charge in [-0.2, -0.15) is 0 Å². The fraction of sp³-hybridized carbons (Fsp3) is 0.130. The first-order valence-corrected chi connectivity index (χ1v) is 9.16. The van der Waals surface area contributed by atoms with Gasteiger partial charge in [-0.3, -0.25) is 0 Å². The molecule has 0 aliphatic rings. The summed E-state index contributed by atoms with van der Waals surface area (Å²) in [6.45, 7) is 0.713. The molecule has 1 heterocycles. The van der Waals surface area contributed by atoms with E-state index in [0.29, 0.717) is 24.1 Å². The van der Waals surface area contributed by atoms with Crippen LogP contribution >= 0.6 is 0 Å². The number of hydrogen-bond donors (Lipinski definition) is 0. The van der Waals surface area contributed by atoms with Crippen molar-refractivity contribution in [3.63, 3.8) is 0 Å². The van der Waals surface area contributed by atoms with Gasteiger partial charge >= 0.3 is 0 Å². The molecular weight excluding hydrogens is 368 g/mol. The Kier molecular flexibility index (Phi) is 5.71. The quantitative estimate of drug-likeness (QED) is 0.428. The SMILES string of the molecule is COc1ccc(-c2nnc(COc3ccc(OCc4ccccc4)cc3)o2)cc1. The molecule has 4 aromatic rings. The molecule has 4 rings (SSSR count). The van der Waals surface area contributed by atoms with Gasteiger partial charge in [-0.25, -0.2) is 0 Å². The maximum absolute atomic E-state index is 5.77. The molecule has 0 spiro atoms. The second-order valence-corrected chi connectivity index (χ2v) is 6.26. The molecule has 0 amide bonds. The molecular formula is C23H20N2O4. The van der Waals surface area contributed by atoms with E-state index in [1.54, 1.807) is 7.11 Å². The maximum atomic E-state index is 5.77. The Hall–Kier alpha value is -3.80. The Morgan fingerprint density at radius 1 is 0.690 bits per heavy atom. The summed E-state index contributed by atoms with van der Waals surface area (Å²) in [7, 11) is 1.62. The minimum absolute atomic E-state index is 0.188. The van der Waals surface area contributed by atoms with Crippen molar-refractivity contribution in [1.29, 1.82) is 0 Å². The van der Waals surface area contributed by atoms with Crippen LogP contribution in [-0.2, 0) is 13.2 Å². The average molecular weight is 388 g/mol. The van der Waals surface area contributed by atoms with Crippen molar-refractivity contribution in [2.75, 3.05) is 7.11 Å². The molecule has 0 aliphatic carbocycles. The van der Waals surface area contributed by atoms with Crippen molar-refractivity contribution >= 4 is 0 Å². The van der Waals surface area contributed by atoms with E-state index in [1.165, 1.54) is 0 Å². The van der Waals surface area contributed by atoms with Crippen LogP contribution in [0.3, 0.4) is 0 Å². The van der Waals surface area contributed by atoms with E-state index in [9.17, 15) is 0 Å². The second-order valence-electron chi connectivity index (χ2n) is 6.26. The van der Waals surface area contributed by atoms with Crippen molar-refractivity contribution in [3.05, 3.63) is 90.3 Å². The Balaban J connectivity index is 1.30. The van der Waals surface area contributed by atoms with Crippen LogP contribution in [0.4, 0.5) is 0 Å². The summed E-state index contributed by atoms with van der Waals surface area (Å²) in [5.41, 5.74) is 1.95. The predicted octanol–water partition coefficient (Wildman–Crippen LogP) is 4.90. The summed E-state index contributed by atoms with van der Waals surface area (Å²) in [5, 5.41) is 8.10. The van der Waals surface area contributed by atoms with Crippen molar-refractivity contribution in [1.82, 2.24) is 10.2 Å². The molecule has 29 heavy (non-hydrogen) atoms. The zero-order valence-electron chi connectivity index (χ0n) is 15.9. The lowest BCUT2D eigenvalue weighted by Crippen LogP contribution is -1.97. The minimum atomic E-state index is 0.188. The molecule has 0 radical (unpaired) electrons. The Labute approximate surface area is 168 Å². The zero-order chi connectivity index (χ0) is 19.9. The lowest BCUT2D eigenvalue weighted by molar-refractivity contribution is 0.263. The standard InChI is InChI=1S/C23H20N2O4/c1-26-19-9-7-18(8-10-19)23-25-24-22(29-23)16-28-21-13-11-20(12-14-21)27-15-17-5-3-2-4-6-17/h2-14H,15-16H2,1H3. The third-order valence-electron chi connectivity index (χ3n) is 4.24. The van der Waals surface area contributed by atoms with Crippen molar-refractivity contribution < 1.29 is 18.6 Å². The lowest BCUT2D eigenvalue weighted by atomic mass is 10.2. The lowest BCUT2D eigenvalue weighted by Gasteiger charge is -2.08. The topological polar surface area (TPSA) is 66.6 Å². The van der Waals surface area contributed by atoms with E-state index in [-0.39, 0.29) is 6.61 Å². The van der Waals surface area contributed by atoms with Gasteiger partial charge in [0.15, 0.2) is 6.61 Å². The van der Waals surface area contributed by atoms with Gasteiger partial charge in [0, 0.05) is 5.56 Å². The van der Waals surface area contributed by atoms with E-state index in [4.69, 9.17) is 18.6 Å². The Bertz CT molecular complexity index is 1030. The first-order chi connectivity index (χ1) is 14.3. The first-order valence-electron chi connectivity index (χ1n) is 9.16. The molecule has 0 atom stereocenters. The number of ether oxygens (including phenoxy) is 3. The predicted molar refractivity (Wildman–Crippen MR) is 108 cm³/mol. The highest BCUT2D eigenvalue weighted by molar-refractivity contribution is 5.53. The third kappa shape index (κ3) is 4.93. The fourth-order valence-electron chi connectivity index (χ4n) is 2.68. The van der Waals surface area contributed by atoms with E-state index in [2.05, 4.69) is 10.2 Å². The largest absolute Gasteiger partial charge is 0.497 e. The summed E-state index contributed by atoms with van der Waals surface area (Å²) in [6.07, 6.45) is 0. The number of rotatable bonds is 8. The highest BCUT2D eigenvalue weighted by Gasteiger charge is 2.09. The van der Waals surface area contributed by atoms with Crippen LogP contribution in [0.15, 0.2) is 83.3 Å². The van der Waals surface area contributed by atoms with E-state index >= 15 is 0 Å². The van der Waals surface area contributed by atoms with Gasteiger partial charge in [-0.1, -0.05) is 30.3 Å². The Morgan fingerprint density at radius 2 is 1.31 bits per heavy atom. The van der Waals surface area contributed by atoms with Gasteiger partial charge in [-0.05, 0) is 54.1 Å². The zero-order valence-corrected chi connectivity index (χ0v) is 15.9. The average Bonchev–Trinajstić information content (AvgIpc) is 3.27. The molecule has 0 bridgehead atoms. The number of aromatic nitrogens is 2. The van der Waals surface area contributed by atoms with E-state index in [0.717, 1.165) is 22.6 Å². The van der Waals surface area contributed by atoms with Crippen molar-refractivity contribution in [2.45, 2.75) is 13.2 Å². The first kappa shape index (κ1) is 18.6. The summed E-state index contributed by atoms with van der Waals surface area (Å²) in [6, 6.07) is 24.9. The molecule has 0 saturated carbocycles. The van der Waals surface area contributed by atoms with Crippen LogP contribution in [-0.4, -0.2) is 17.3 Å². The molecule has 0 aliphatic heterocycles. The van der Waals surface area contributed by atoms with Gasteiger partial charge < -0.3 is 18.6 Å². The number of benzene rings is 3. The molecule has 0 saturated heterocycles. The molecule has 6 nitrogen and oxygen atoms in total.